The van der Waals surface area contributed by atoms with E-state index in [0.29, 0.717) is 4.21 Å². The predicted octanol–water partition coefficient (Wildman–Crippen LogP) is 3.37. The van der Waals surface area contributed by atoms with Gasteiger partial charge in [-0.2, -0.15) is 0 Å². The van der Waals surface area contributed by atoms with Gasteiger partial charge in [-0.15, -0.1) is 11.3 Å². The molecule has 20 heavy (non-hydrogen) atoms. The van der Waals surface area contributed by atoms with E-state index in [1.54, 1.807) is 18.5 Å². The van der Waals surface area contributed by atoms with Crippen LogP contribution in [0.2, 0.25) is 0 Å². The first kappa shape index (κ1) is 15.5. The van der Waals surface area contributed by atoms with E-state index in [0.717, 1.165) is 9.10 Å². The average molecular weight is 328 g/mol. The number of nitrogens with zero attached hydrogens (tertiary/aromatic N) is 1. The van der Waals surface area contributed by atoms with Crippen LogP contribution in [0.25, 0.3) is 0 Å². The molecule has 0 radical (unpaired) electrons. The van der Waals surface area contributed by atoms with E-state index >= 15 is 0 Å². The van der Waals surface area contributed by atoms with Crippen molar-refractivity contribution in [3.05, 3.63) is 36.7 Å². The van der Waals surface area contributed by atoms with Gasteiger partial charge < -0.3 is 0 Å². The summed E-state index contributed by atoms with van der Waals surface area (Å²) in [5.41, 5.74) is -0.485. The van der Waals surface area contributed by atoms with E-state index in [1.165, 1.54) is 23.1 Å². The molecule has 2 aromatic rings. The summed E-state index contributed by atoms with van der Waals surface area (Å²) in [6.07, 6.45) is 3.43. The van der Waals surface area contributed by atoms with Gasteiger partial charge in [0.2, 0.25) is 0 Å². The number of thiophene rings is 1. The molecule has 0 saturated carbocycles. The second kappa shape index (κ2) is 5.85. The van der Waals surface area contributed by atoms with Gasteiger partial charge in [0, 0.05) is 22.8 Å². The fourth-order valence-corrected chi connectivity index (χ4v) is 5.45. The number of hydrogen-bond acceptors (Lipinski definition) is 5. The van der Waals surface area contributed by atoms with Crippen molar-refractivity contribution < 1.29 is 8.42 Å². The maximum Gasteiger partial charge on any atom is 0.250 e. The first-order valence-corrected chi connectivity index (χ1v) is 9.10. The van der Waals surface area contributed by atoms with E-state index in [4.69, 9.17) is 0 Å². The number of rotatable bonds is 4. The van der Waals surface area contributed by atoms with Crippen molar-refractivity contribution in [1.29, 1.82) is 0 Å². The van der Waals surface area contributed by atoms with Gasteiger partial charge in [-0.25, -0.2) is 13.1 Å². The van der Waals surface area contributed by atoms with Crippen LogP contribution in [0, 0.1) is 0 Å². The number of pyridine rings is 1. The summed E-state index contributed by atoms with van der Waals surface area (Å²) < 4.78 is 28.3. The minimum Gasteiger partial charge on any atom is -0.265 e. The Morgan fingerprint density at radius 2 is 1.80 bits per heavy atom. The quantitative estimate of drug-likeness (QED) is 0.935. The number of nitrogens with one attached hydrogen (secondary N) is 1. The van der Waals surface area contributed by atoms with Crippen molar-refractivity contribution >= 4 is 33.1 Å². The summed E-state index contributed by atoms with van der Waals surface area (Å²) in [6, 6.07) is 7.26. The Bertz CT molecular complexity index is 673. The Morgan fingerprint density at radius 3 is 2.40 bits per heavy atom. The molecule has 2 aromatic heterocycles. The van der Waals surface area contributed by atoms with Crippen LogP contribution in [0.4, 0.5) is 0 Å². The predicted molar refractivity (Wildman–Crippen MR) is 82.8 cm³/mol. The third-order valence-corrected chi connectivity index (χ3v) is 6.61. The van der Waals surface area contributed by atoms with Crippen molar-refractivity contribution in [1.82, 2.24) is 9.71 Å². The molecule has 4 nitrogen and oxygen atoms in total. The zero-order chi connectivity index (χ0) is 14.8. The molecule has 0 spiro atoms. The molecule has 0 unspecified atom stereocenters. The van der Waals surface area contributed by atoms with E-state index in [1.807, 2.05) is 39.0 Å². The van der Waals surface area contributed by atoms with Crippen LogP contribution in [0.1, 0.15) is 20.8 Å². The Labute approximate surface area is 127 Å². The van der Waals surface area contributed by atoms with E-state index in [2.05, 4.69) is 9.71 Å². The smallest absolute Gasteiger partial charge is 0.250 e. The largest absolute Gasteiger partial charge is 0.265 e. The molecule has 0 aromatic carbocycles. The van der Waals surface area contributed by atoms with Gasteiger partial charge in [0.15, 0.2) is 0 Å². The van der Waals surface area contributed by atoms with Gasteiger partial charge in [-0.3, -0.25) is 4.98 Å². The molecule has 0 aliphatic carbocycles. The van der Waals surface area contributed by atoms with Gasteiger partial charge in [0.25, 0.3) is 10.0 Å². The highest BCUT2D eigenvalue weighted by Gasteiger charge is 2.23. The summed E-state index contributed by atoms with van der Waals surface area (Å²) in [7, 11) is -3.45. The third-order valence-electron chi connectivity index (χ3n) is 2.13. The molecular weight excluding hydrogens is 312 g/mol. The summed E-state index contributed by atoms with van der Waals surface area (Å²) in [4.78, 5) is 4.99. The van der Waals surface area contributed by atoms with Crippen LogP contribution >= 0.6 is 23.1 Å². The van der Waals surface area contributed by atoms with Gasteiger partial charge >= 0.3 is 0 Å². The molecule has 2 heterocycles. The molecule has 0 fully saturated rings. The van der Waals surface area contributed by atoms with Crippen molar-refractivity contribution in [2.24, 2.45) is 0 Å². The summed E-state index contributed by atoms with van der Waals surface area (Å²) in [5.74, 6) is 0. The van der Waals surface area contributed by atoms with E-state index in [-0.39, 0.29) is 0 Å². The first-order valence-electron chi connectivity index (χ1n) is 5.98. The number of sulfonamides is 1. The molecular formula is C13H16N2O2S3. The lowest BCUT2D eigenvalue weighted by molar-refractivity contribution is 0.492. The van der Waals surface area contributed by atoms with Crippen LogP contribution in [-0.4, -0.2) is 18.9 Å². The maximum atomic E-state index is 12.2. The van der Waals surface area contributed by atoms with Gasteiger partial charge in [0.05, 0.1) is 4.21 Å². The van der Waals surface area contributed by atoms with Crippen LogP contribution in [0.3, 0.4) is 0 Å². The molecule has 0 amide bonds. The number of aromatic nitrogens is 1. The van der Waals surface area contributed by atoms with Crippen molar-refractivity contribution in [2.45, 2.75) is 39.6 Å². The fraction of sp³-hybridized carbons (Fsp3) is 0.308. The minimum atomic E-state index is -3.45. The van der Waals surface area contributed by atoms with Gasteiger partial charge in [-0.05, 0) is 45.0 Å². The molecule has 1 N–H and O–H groups in total. The molecule has 7 heteroatoms. The summed E-state index contributed by atoms with van der Waals surface area (Å²) in [6.45, 7) is 5.47. The van der Waals surface area contributed by atoms with Crippen LogP contribution in [-0.2, 0) is 10.0 Å². The van der Waals surface area contributed by atoms with Crippen LogP contribution < -0.4 is 4.72 Å². The monoisotopic (exact) mass is 328 g/mol. The normalized spacial score (nSPS) is 12.6. The Kier molecular flexibility index (Phi) is 4.53. The summed E-state index contributed by atoms with van der Waals surface area (Å²) in [5, 5.41) is 0. The fourth-order valence-electron chi connectivity index (χ4n) is 1.48. The highest BCUT2D eigenvalue weighted by atomic mass is 32.3. The van der Waals surface area contributed by atoms with E-state index < -0.39 is 15.6 Å². The molecule has 108 valence electrons. The first-order chi connectivity index (χ1) is 9.26. The zero-order valence-corrected chi connectivity index (χ0v) is 13.9. The zero-order valence-electron chi connectivity index (χ0n) is 11.5. The second-order valence-corrected chi connectivity index (χ2v) is 9.58. The average Bonchev–Trinajstić information content (AvgIpc) is 2.76. The van der Waals surface area contributed by atoms with Gasteiger partial charge in [0.1, 0.15) is 4.21 Å². The molecule has 0 aliphatic heterocycles. The second-order valence-electron chi connectivity index (χ2n) is 5.21. The minimum absolute atomic E-state index is 0.337. The molecule has 0 atom stereocenters. The lowest BCUT2D eigenvalue weighted by atomic mass is 10.1. The van der Waals surface area contributed by atoms with Crippen LogP contribution in [0.15, 0.2) is 50.0 Å². The lowest BCUT2D eigenvalue weighted by Crippen LogP contribution is -2.40. The van der Waals surface area contributed by atoms with Crippen molar-refractivity contribution in [3.63, 3.8) is 0 Å². The maximum absolute atomic E-state index is 12.2. The standard InChI is InChI=1S/C13H16N2O2S3/c1-13(2,3)15-20(16,17)12-5-4-11(19-12)18-10-6-8-14-9-7-10/h4-9,15H,1-3H3. The van der Waals surface area contributed by atoms with Crippen molar-refractivity contribution in [3.8, 4) is 0 Å². The topological polar surface area (TPSA) is 59.1 Å². The Hall–Kier alpha value is -0.890. The molecule has 0 saturated heterocycles. The highest BCUT2D eigenvalue weighted by molar-refractivity contribution is 8.01. The Morgan fingerprint density at radius 1 is 1.15 bits per heavy atom. The highest BCUT2D eigenvalue weighted by Crippen LogP contribution is 2.34. The Balaban J connectivity index is 2.17. The SMILES string of the molecule is CC(C)(C)NS(=O)(=O)c1ccc(Sc2ccncc2)s1. The lowest BCUT2D eigenvalue weighted by Gasteiger charge is -2.19. The molecule has 0 aliphatic rings. The van der Waals surface area contributed by atoms with Crippen molar-refractivity contribution in [2.75, 3.05) is 0 Å². The summed E-state index contributed by atoms with van der Waals surface area (Å²) >= 11 is 2.80. The number of hydrogen-bond donors (Lipinski definition) is 1. The van der Waals surface area contributed by atoms with Gasteiger partial charge in [-0.1, -0.05) is 11.8 Å². The third kappa shape index (κ3) is 4.31. The molecule has 0 bridgehead atoms. The molecule has 2 rings (SSSR count). The van der Waals surface area contributed by atoms with Crippen LogP contribution in [0.5, 0.6) is 0 Å². The van der Waals surface area contributed by atoms with E-state index in [9.17, 15) is 8.42 Å².